The number of ketones is 1. The van der Waals surface area contributed by atoms with Gasteiger partial charge in [-0.25, -0.2) is 4.39 Å². The van der Waals surface area contributed by atoms with E-state index in [2.05, 4.69) is 0 Å². The molecule has 0 heterocycles. The van der Waals surface area contributed by atoms with Crippen LogP contribution in [0.5, 0.6) is 0 Å². The molecule has 0 spiro atoms. The predicted molar refractivity (Wildman–Crippen MR) is 54.0 cm³/mol. The van der Waals surface area contributed by atoms with E-state index in [9.17, 15) is 9.18 Å². The van der Waals surface area contributed by atoms with E-state index in [-0.39, 0.29) is 10.6 Å². The summed E-state index contributed by atoms with van der Waals surface area (Å²) >= 11 is 5.71. The molecule has 1 unspecified atom stereocenters. The molecule has 14 heavy (non-hydrogen) atoms. The van der Waals surface area contributed by atoms with Crippen LogP contribution in [-0.4, -0.2) is 11.8 Å². The normalized spacial score (nSPS) is 12.6. The molecule has 2 N–H and O–H groups in total. The van der Waals surface area contributed by atoms with Crippen molar-refractivity contribution in [1.82, 2.24) is 0 Å². The first-order valence-corrected chi connectivity index (χ1v) is 4.69. The molecule has 0 aliphatic carbocycles. The Balaban J connectivity index is 3.12. The summed E-state index contributed by atoms with van der Waals surface area (Å²) in [6.07, 6.45) is 0.462. The van der Waals surface area contributed by atoms with Gasteiger partial charge in [-0.15, -0.1) is 0 Å². The van der Waals surface area contributed by atoms with Gasteiger partial charge in [-0.05, 0) is 18.6 Å². The fraction of sp³-hybridized carbons (Fsp3) is 0.300. The van der Waals surface area contributed by atoms with Crippen molar-refractivity contribution in [3.63, 3.8) is 0 Å². The van der Waals surface area contributed by atoms with Gasteiger partial charge in [0.1, 0.15) is 5.82 Å². The van der Waals surface area contributed by atoms with Crippen LogP contribution >= 0.6 is 11.6 Å². The van der Waals surface area contributed by atoms with Gasteiger partial charge in [0.25, 0.3) is 0 Å². The molecule has 0 amide bonds. The SMILES string of the molecule is CCC(N)C(=O)c1c(F)cccc1Cl. The maximum Gasteiger partial charge on any atom is 0.183 e. The maximum absolute atomic E-state index is 13.2. The highest BCUT2D eigenvalue weighted by molar-refractivity contribution is 6.34. The minimum Gasteiger partial charge on any atom is -0.321 e. The molecule has 0 fully saturated rings. The summed E-state index contributed by atoms with van der Waals surface area (Å²) in [5.74, 6) is -1.07. The Kier molecular flexibility index (Phi) is 3.61. The van der Waals surface area contributed by atoms with Gasteiger partial charge in [0.2, 0.25) is 0 Å². The maximum atomic E-state index is 13.2. The fourth-order valence-corrected chi connectivity index (χ4v) is 1.36. The minimum atomic E-state index is -0.690. The van der Waals surface area contributed by atoms with Crippen LogP contribution < -0.4 is 5.73 Å². The van der Waals surface area contributed by atoms with Crippen molar-refractivity contribution < 1.29 is 9.18 Å². The van der Waals surface area contributed by atoms with Crippen molar-refractivity contribution in [1.29, 1.82) is 0 Å². The number of Topliss-reactive ketones (excluding diaryl/α,β-unsaturated/α-hetero) is 1. The van der Waals surface area contributed by atoms with Crippen molar-refractivity contribution in [2.24, 2.45) is 5.73 Å². The van der Waals surface area contributed by atoms with Crippen LogP contribution in [0.25, 0.3) is 0 Å². The molecule has 0 radical (unpaired) electrons. The number of carbonyl (C=O) groups excluding carboxylic acids is 1. The molecule has 0 bridgehead atoms. The van der Waals surface area contributed by atoms with Crippen molar-refractivity contribution in [2.45, 2.75) is 19.4 Å². The number of nitrogens with two attached hydrogens (primary N) is 1. The number of rotatable bonds is 3. The van der Waals surface area contributed by atoms with E-state index in [1.165, 1.54) is 18.2 Å². The lowest BCUT2D eigenvalue weighted by atomic mass is 10.0. The van der Waals surface area contributed by atoms with Crippen molar-refractivity contribution in [3.05, 3.63) is 34.6 Å². The highest BCUT2D eigenvalue weighted by atomic mass is 35.5. The van der Waals surface area contributed by atoms with Crippen molar-refractivity contribution in [3.8, 4) is 0 Å². The lowest BCUT2D eigenvalue weighted by Crippen LogP contribution is -2.30. The van der Waals surface area contributed by atoms with Crippen molar-refractivity contribution in [2.75, 3.05) is 0 Å². The van der Waals surface area contributed by atoms with Crippen LogP contribution in [0.1, 0.15) is 23.7 Å². The molecule has 2 nitrogen and oxygen atoms in total. The Hall–Kier alpha value is -0.930. The molecule has 0 saturated carbocycles. The second kappa shape index (κ2) is 4.53. The second-order valence-electron chi connectivity index (χ2n) is 2.98. The first kappa shape index (κ1) is 11.1. The number of benzene rings is 1. The number of carbonyl (C=O) groups is 1. The topological polar surface area (TPSA) is 43.1 Å². The zero-order valence-electron chi connectivity index (χ0n) is 7.76. The van der Waals surface area contributed by atoms with Gasteiger partial charge in [-0.3, -0.25) is 4.79 Å². The summed E-state index contributed by atoms with van der Waals surface area (Å²) in [5, 5.41) is 0.110. The van der Waals surface area contributed by atoms with Gasteiger partial charge in [0, 0.05) is 0 Å². The smallest absolute Gasteiger partial charge is 0.183 e. The first-order valence-electron chi connectivity index (χ1n) is 4.31. The molecule has 76 valence electrons. The molecule has 1 rings (SSSR count). The fourth-order valence-electron chi connectivity index (χ4n) is 1.10. The minimum absolute atomic E-state index is 0.108. The third kappa shape index (κ3) is 2.11. The lowest BCUT2D eigenvalue weighted by molar-refractivity contribution is 0.0955. The van der Waals surface area contributed by atoms with Crippen LogP contribution in [0.4, 0.5) is 4.39 Å². The zero-order chi connectivity index (χ0) is 10.7. The van der Waals surface area contributed by atoms with E-state index in [0.29, 0.717) is 6.42 Å². The summed E-state index contributed by atoms with van der Waals surface area (Å²) in [5.41, 5.74) is 5.40. The molecule has 1 atom stereocenters. The average molecular weight is 216 g/mol. The summed E-state index contributed by atoms with van der Waals surface area (Å²) in [6.45, 7) is 1.76. The molecule has 0 saturated heterocycles. The van der Waals surface area contributed by atoms with Gasteiger partial charge >= 0.3 is 0 Å². The predicted octanol–water partition coefficient (Wildman–Crippen LogP) is 2.40. The van der Waals surface area contributed by atoms with Gasteiger partial charge < -0.3 is 5.73 Å². The molecule has 4 heteroatoms. The summed E-state index contributed by atoms with van der Waals surface area (Å²) in [7, 11) is 0. The summed E-state index contributed by atoms with van der Waals surface area (Å²) in [4.78, 5) is 11.6. The second-order valence-corrected chi connectivity index (χ2v) is 3.38. The molecule has 1 aromatic rings. The quantitative estimate of drug-likeness (QED) is 0.787. The highest BCUT2D eigenvalue weighted by Gasteiger charge is 2.20. The van der Waals surface area contributed by atoms with Crippen molar-refractivity contribution >= 4 is 17.4 Å². The molecule has 1 aromatic carbocycles. The van der Waals surface area contributed by atoms with E-state index >= 15 is 0 Å². The summed E-state index contributed by atoms with van der Waals surface area (Å²) < 4.78 is 13.2. The Morgan fingerprint density at radius 3 is 2.79 bits per heavy atom. The first-order chi connectivity index (χ1) is 6.57. The van der Waals surface area contributed by atoms with Gasteiger partial charge in [0.15, 0.2) is 5.78 Å². The van der Waals surface area contributed by atoms with E-state index in [4.69, 9.17) is 17.3 Å². The molecule has 0 aromatic heterocycles. The molecular weight excluding hydrogens is 205 g/mol. The third-order valence-electron chi connectivity index (χ3n) is 1.99. The van der Waals surface area contributed by atoms with E-state index in [1.807, 2.05) is 0 Å². The average Bonchev–Trinajstić information content (AvgIpc) is 2.16. The van der Waals surface area contributed by atoms with E-state index < -0.39 is 17.6 Å². The van der Waals surface area contributed by atoms with Gasteiger partial charge in [-0.1, -0.05) is 24.6 Å². The molecule has 0 aliphatic rings. The summed E-state index contributed by atoms with van der Waals surface area (Å²) in [6, 6.07) is 3.43. The number of halogens is 2. The largest absolute Gasteiger partial charge is 0.321 e. The van der Waals surface area contributed by atoms with Gasteiger partial charge in [-0.2, -0.15) is 0 Å². The molecule has 0 aliphatic heterocycles. The van der Waals surface area contributed by atoms with E-state index in [0.717, 1.165) is 0 Å². The molecular formula is C10H11ClFNO. The Labute approximate surface area is 86.9 Å². The van der Waals surface area contributed by atoms with Crippen LogP contribution in [0.2, 0.25) is 5.02 Å². The Bertz CT molecular complexity index is 334. The number of hydrogen-bond donors (Lipinski definition) is 1. The van der Waals surface area contributed by atoms with E-state index in [1.54, 1.807) is 6.92 Å². The standard InChI is InChI=1S/C10H11ClFNO/c1-2-8(13)10(14)9-6(11)4-3-5-7(9)12/h3-5,8H,2,13H2,1H3. The lowest BCUT2D eigenvalue weighted by Gasteiger charge is -2.09. The van der Waals surface area contributed by atoms with Crippen LogP contribution in [0.15, 0.2) is 18.2 Å². The van der Waals surface area contributed by atoms with Gasteiger partial charge in [0.05, 0.1) is 16.6 Å². The Morgan fingerprint density at radius 2 is 2.29 bits per heavy atom. The monoisotopic (exact) mass is 215 g/mol. The van der Waals surface area contributed by atoms with Crippen LogP contribution in [-0.2, 0) is 0 Å². The Morgan fingerprint density at radius 1 is 1.64 bits per heavy atom. The van der Waals surface area contributed by atoms with Crippen LogP contribution in [0, 0.1) is 5.82 Å². The van der Waals surface area contributed by atoms with Crippen LogP contribution in [0.3, 0.4) is 0 Å². The highest BCUT2D eigenvalue weighted by Crippen LogP contribution is 2.20. The third-order valence-corrected chi connectivity index (χ3v) is 2.30. The zero-order valence-corrected chi connectivity index (χ0v) is 8.51. The number of hydrogen-bond acceptors (Lipinski definition) is 2.